The van der Waals surface area contributed by atoms with Gasteiger partial charge in [0.25, 0.3) is 5.69 Å². The fraction of sp³-hybridized carbons (Fsp3) is 0.455. The van der Waals surface area contributed by atoms with Crippen LogP contribution >= 0.6 is 27.7 Å². The van der Waals surface area contributed by atoms with E-state index in [-0.39, 0.29) is 5.69 Å². The Balaban J connectivity index is 2.44. The number of thioether (sulfide) groups is 1. The minimum atomic E-state index is -0.915. The Kier molecular flexibility index (Phi) is 4.48. The standard InChI is InChI=1S/C11H12BrN3O4S/c1-6-7(15(18)19)4-13-10(9(6)12)14-2-3-20-5-8(14)11(16)17/h4,8H,2-3,5H2,1H3,(H,16,17). The highest BCUT2D eigenvalue weighted by atomic mass is 79.9. The van der Waals surface area contributed by atoms with Gasteiger partial charge in [-0.05, 0) is 22.9 Å². The third-order valence-corrected chi connectivity index (χ3v) is 5.07. The van der Waals surface area contributed by atoms with E-state index in [1.165, 1.54) is 6.20 Å². The van der Waals surface area contributed by atoms with Crippen molar-refractivity contribution < 1.29 is 14.8 Å². The minimum absolute atomic E-state index is 0.0844. The first-order valence-corrected chi connectivity index (χ1v) is 7.75. The van der Waals surface area contributed by atoms with Crippen molar-refractivity contribution in [3.63, 3.8) is 0 Å². The molecule has 0 radical (unpaired) electrons. The second-order valence-electron chi connectivity index (χ2n) is 4.29. The molecule has 0 spiro atoms. The lowest BCUT2D eigenvalue weighted by atomic mass is 10.2. The zero-order valence-electron chi connectivity index (χ0n) is 10.6. The number of rotatable bonds is 3. The number of nitro groups is 1. The first-order valence-electron chi connectivity index (χ1n) is 5.80. The summed E-state index contributed by atoms with van der Waals surface area (Å²) in [5, 5.41) is 20.1. The second kappa shape index (κ2) is 5.96. The Bertz CT molecular complexity index is 569. The summed E-state index contributed by atoms with van der Waals surface area (Å²) < 4.78 is 0.477. The minimum Gasteiger partial charge on any atom is -0.480 e. The van der Waals surface area contributed by atoms with Crippen LogP contribution in [0.25, 0.3) is 0 Å². The smallest absolute Gasteiger partial charge is 0.327 e. The molecule has 2 heterocycles. The molecule has 1 aliphatic rings. The molecule has 1 saturated heterocycles. The van der Waals surface area contributed by atoms with E-state index in [0.717, 1.165) is 5.75 Å². The third kappa shape index (κ3) is 2.73. The van der Waals surface area contributed by atoms with Gasteiger partial charge in [0, 0.05) is 23.6 Å². The maximum atomic E-state index is 11.3. The molecular formula is C11H12BrN3O4S. The van der Waals surface area contributed by atoms with Crippen LogP contribution in [0.4, 0.5) is 11.5 Å². The van der Waals surface area contributed by atoms with Crippen LogP contribution < -0.4 is 4.90 Å². The molecule has 1 aliphatic heterocycles. The van der Waals surface area contributed by atoms with E-state index < -0.39 is 16.9 Å². The lowest BCUT2D eigenvalue weighted by Crippen LogP contribution is -2.48. The van der Waals surface area contributed by atoms with Gasteiger partial charge < -0.3 is 10.0 Å². The van der Waals surface area contributed by atoms with Crippen molar-refractivity contribution in [1.82, 2.24) is 4.98 Å². The largest absolute Gasteiger partial charge is 0.480 e. The van der Waals surface area contributed by atoms with E-state index in [0.29, 0.717) is 28.2 Å². The Morgan fingerprint density at radius 3 is 3.00 bits per heavy atom. The fourth-order valence-electron chi connectivity index (χ4n) is 2.00. The van der Waals surface area contributed by atoms with Crippen molar-refractivity contribution >= 4 is 45.2 Å². The Hall–Kier alpha value is -1.35. The lowest BCUT2D eigenvalue weighted by molar-refractivity contribution is -0.385. The average molecular weight is 362 g/mol. The van der Waals surface area contributed by atoms with Gasteiger partial charge in [0.15, 0.2) is 0 Å². The number of hydrogen-bond acceptors (Lipinski definition) is 6. The highest BCUT2D eigenvalue weighted by molar-refractivity contribution is 9.10. The van der Waals surface area contributed by atoms with Crippen LogP contribution in [-0.4, -0.2) is 45.1 Å². The molecule has 2 rings (SSSR count). The van der Waals surface area contributed by atoms with Crippen molar-refractivity contribution in [2.24, 2.45) is 0 Å². The maximum Gasteiger partial charge on any atom is 0.327 e. The highest BCUT2D eigenvalue weighted by Gasteiger charge is 2.32. The number of aliphatic carboxylic acids is 1. The number of pyridine rings is 1. The summed E-state index contributed by atoms with van der Waals surface area (Å²) in [5.41, 5.74) is 0.362. The van der Waals surface area contributed by atoms with Crippen molar-refractivity contribution in [2.45, 2.75) is 13.0 Å². The van der Waals surface area contributed by atoms with Crippen LogP contribution in [0.3, 0.4) is 0 Å². The van der Waals surface area contributed by atoms with Crippen LogP contribution in [0.15, 0.2) is 10.7 Å². The normalized spacial score (nSPS) is 18.9. The third-order valence-electron chi connectivity index (χ3n) is 3.10. The van der Waals surface area contributed by atoms with Gasteiger partial charge in [-0.3, -0.25) is 10.1 Å². The Labute approximate surface area is 127 Å². The molecule has 0 aromatic carbocycles. The van der Waals surface area contributed by atoms with Gasteiger partial charge in [0.1, 0.15) is 18.1 Å². The van der Waals surface area contributed by atoms with Crippen LogP contribution in [-0.2, 0) is 4.79 Å². The molecule has 7 nitrogen and oxygen atoms in total. The van der Waals surface area contributed by atoms with E-state index in [4.69, 9.17) is 0 Å². The van der Waals surface area contributed by atoms with E-state index in [1.807, 2.05) is 0 Å². The van der Waals surface area contributed by atoms with Gasteiger partial charge >= 0.3 is 5.97 Å². The molecule has 20 heavy (non-hydrogen) atoms. The fourth-order valence-corrected chi connectivity index (χ4v) is 3.57. The summed E-state index contributed by atoms with van der Waals surface area (Å²) >= 11 is 4.88. The van der Waals surface area contributed by atoms with Gasteiger partial charge in [-0.25, -0.2) is 9.78 Å². The van der Waals surface area contributed by atoms with Crippen molar-refractivity contribution in [3.05, 3.63) is 26.3 Å². The number of aromatic nitrogens is 1. The van der Waals surface area contributed by atoms with Gasteiger partial charge in [0.05, 0.1) is 9.40 Å². The molecule has 1 fully saturated rings. The van der Waals surface area contributed by atoms with Crippen LogP contribution in [0.2, 0.25) is 0 Å². The summed E-state index contributed by atoms with van der Waals surface area (Å²) in [6.07, 6.45) is 1.18. The van der Waals surface area contributed by atoms with E-state index >= 15 is 0 Å². The number of carboxylic acids is 1. The van der Waals surface area contributed by atoms with Crippen molar-refractivity contribution in [2.75, 3.05) is 23.0 Å². The number of halogens is 1. The molecule has 1 aromatic rings. The molecule has 0 aliphatic carbocycles. The number of hydrogen-bond donors (Lipinski definition) is 1. The summed E-state index contributed by atoms with van der Waals surface area (Å²) in [5.74, 6) is 0.802. The number of carboxylic acid groups (broad SMARTS) is 1. The first-order chi connectivity index (χ1) is 9.43. The second-order valence-corrected chi connectivity index (χ2v) is 6.23. The first kappa shape index (κ1) is 15.0. The van der Waals surface area contributed by atoms with Crippen molar-refractivity contribution in [1.29, 1.82) is 0 Å². The average Bonchev–Trinajstić information content (AvgIpc) is 2.41. The van der Waals surface area contributed by atoms with Crippen LogP contribution in [0, 0.1) is 17.0 Å². The SMILES string of the molecule is Cc1c([N+](=O)[O-])cnc(N2CCSCC2C(=O)O)c1Br. The molecule has 0 bridgehead atoms. The molecule has 9 heteroatoms. The summed E-state index contributed by atoms with van der Waals surface area (Å²) in [7, 11) is 0. The zero-order valence-corrected chi connectivity index (χ0v) is 13.0. The molecule has 108 valence electrons. The number of nitrogens with zero attached hydrogens (tertiary/aromatic N) is 3. The highest BCUT2D eigenvalue weighted by Crippen LogP contribution is 2.35. The molecular weight excluding hydrogens is 350 g/mol. The molecule has 0 saturated carbocycles. The lowest BCUT2D eigenvalue weighted by Gasteiger charge is -2.34. The Morgan fingerprint density at radius 1 is 1.70 bits per heavy atom. The quantitative estimate of drug-likeness (QED) is 0.649. The van der Waals surface area contributed by atoms with E-state index in [9.17, 15) is 20.0 Å². The van der Waals surface area contributed by atoms with Gasteiger partial charge in [0.2, 0.25) is 0 Å². The molecule has 1 N–H and O–H groups in total. The summed E-state index contributed by atoms with van der Waals surface area (Å²) in [6.45, 7) is 2.16. The van der Waals surface area contributed by atoms with E-state index in [1.54, 1.807) is 23.6 Å². The maximum absolute atomic E-state index is 11.3. The summed E-state index contributed by atoms with van der Waals surface area (Å²) in [4.78, 5) is 27.4. The predicted octanol–water partition coefficient (Wildman–Crippen LogP) is 2.07. The van der Waals surface area contributed by atoms with Gasteiger partial charge in [-0.1, -0.05) is 0 Å². The molecule has 1 aromatic heterocycles. The topological polar surface area (TPSA) is 96.6 Å². The molecule has 1 unspecified atom stereocenters. The number of anilines is 1. The number of carbonyl (C=O) groups is 1. The van der Waals surface area contributed by atoms with Crippen molar-refractivity contribution in [3.8, 4) is 0 Å². The molecule has 1 atom stereocenters. The van der Waals surface area contributed by atoms with E-state index in [2.05, 4.69) is 20.9 Å². The summed E-state index contributed by atoms with van der Waals surface area (Å²) in [6, 6.07) is -0.668. The Morgan fingerprint density at radius 2 is 2.40 bits per heavy atom. The van der Waals surface area contributed by atoms with Crippen LogP contribution in [0.1, 0.15) is 5.56 Å². The van der Waals surface area contributed by atoms with Gasteiger partial charge in [-0.2, -0.15) is 11.8 Å². The van der Waals surface area contributed by atoms with Gasteiger partial charge in [-0.15, -0.1) is 0 Å². The molecule has 0 amide bonds. The predicted molar refractivity (Wildman–Crippen MR) is 79.4 cm³/mol. The monoisotopic (exact) mass is 361 g/mol. The van der Waals surface area contributed by atoms with Crippen LogP contribution in [0.5, 0.6) is 0 Å². The zero-order chi connectivity index (χ0) is 14.9.